The maximum Gasteiger partial charge on any atom is 0.127 e. The van der Waals surface area contributed by atoms with Gasteiger partial charge in [-0.25, -0.2) is 4.98 Å². The fourth-order valence-corrected chi connectivity index (χ4v) is 2.13. The predicted octanol–water partition coefficient (Wildman–Crippen LogP) is 3.27. The van der Waals surface area contributed by atoms with Crippen LogP contribution in [0.5, 0.6) is 0 Å². The molecule has 0 aromatic carbocycles. The van der Waals surface area contributed by atoms with Gasteiger partial charge in [-0.05, 0) is 25.2 Å². The minimum absolute atomic E-state index is 0.431. The number of imidazole rings is 1. The summed E-state index contributed by atoms with van der Waals surface area (Å²) in [6, 6.07) is 0. The quantitative estimate of drug-likeness (QED) is 0.829. The number of rotatable bonds is 5. The van der Waals surface area contributed by atoms with Crippen molar-refractivity contribution in [3.05, 3.63) is 11.5 Å². The van der Waals surface area contributed by atoms with Crippen LogP contribution in [0.2, 0.25) is 0 Å². The molecule has 1 aromatic rings. The molecule has 1 heterocycles. The number of nitrogens with two attached hydrogens (primary N) is 1. The molecule has 1 aliphatic carbocycles. The van der Waals surface area contributed by atoms with E-state index in [2.05, 4.69) is 25.3 Å². The molecule has 0 atom stereocenters. The maximum atomic E-state index is 6.21. The van der Waals surface area contributed by atoms with E-state index in [-0.39, 0.29) is 0 Å². The number of nitrogens with zero attached hydrogens (tertiary/aromatic N) is 2. The fourth-order valence-electron chi connectivity index (χ4n) is 2.13. The Kier molecular flexibility index (Phi) is 3.22. The third-order valence-corrected chi connectivity index (χ3v) is 3.29. The molecular formula is C13H23N3. The molecule has 0 aliphatic heterocycles. The molecular weight excluding hydrogens is 198 g/mol. The molecule has 2 rings (SSSR count). The van der Waals surface area contributed by atoms with Gasteiger partial charge in [-0.1, -0.05) is 27.2 Å². The molecule has 0 unspecified atom stereocenters. The van der Waals surface area contributed by atoms with Gasteiger partial charge in [0.1, 0.15) is 11.6 Å². The molecule has 3 nitrogen and oxygen atoms in total. The second kappa shape index (κ2) is 4.48. The van der Waals surface area contributed by atoms with Crippen molar-refractivity contribution in [2.45, 2.75) is 64.8 Å². The van der Waals surface area contributed by atoms with E-state index >= 15 is 0 Å². The van der Waals surface area contributed by atoms with Gasteiger partial charge in [-0.15, -0.1) is 0 Å². The number of aromatic nitrogens is 2. The predicted molar refractivity (Wildman–Crippen MR) is 67.6 cm³/mol. The monoisotopic (exact) mass is 221 g/mol. The van der Waals surface area contributed by atoms with Crippen molar-refractivity contribution in [1.82, 2.24) is 9.55 Å². The van der Waals surface area contributed by atoms with Crippen LogP contribution in [0.3, 0.4) is 0 Å². The van der Waals surface area contributed by atoms with Crippen LogP contribution < -0.4 is 5.73 Å². The average Bonchev–Trinajstić information content (AvgIpc) is 3.01. The summed E-state index contributed by atoms with van der Waals surface area (Å²) in [5.41, 5.74) is 7.31. The highest BCUT2D eigenvalue weighted by Crippen LogP contribution is 2.41. The summed E-state index contributed by atoms with van der Waals surface area (Å²) in [6.07, 6.45) is 4.98. The molecule has 1 aliphatic rings. The minimum atomic E-state index is 0.431. The first-order chi connectivity index (χ1) is 7.65. The van der Waals surface area contributed by atoms with Crippen LogP contribution in [-0.2, 0) is 6.54 Å². The van der Waals surface area contributed by atoms with E-state index in [0.29, 0.717) is 11.8 Å². The summed E-state index contributed by atoms with van der Waals surface area (Å²) in [5, 5.41) is 0. The summed E-state index contributed by atoms with van der Waals surface area (Å²) in [5.74, 6) is 3.27. The van der Waals surface area contributed by atoms with Crippen LogP contribution in [0.25, 0.3) is 0 Å². The van der Waals surface area contributed by atoms with Gasteiger partial charge in [0.2, 0.25) is 0 Å². The standard InChI is InChI=1S/C13H23N3/c1-4-5-8-16-12(14)11(9(2)3)15-13(16)10-6-7-10/h9-10H,4-8,14H2,1-3H3. The molecule has 90 valence electrons. The molecule has 3 heteroatoms. The number of hydrogen-bond donors (Lipinski definition) is 1. The van der Waals surface area contributed by atoms with E-state index in [0.717, 1.165) is 18.1 Å². The van der Waals surface area contributed by atoms with Crippen LogP contribution in [0.1, 0.15) is 69.8 Å². The van der Waals surface area contributed by atoms with Crippen molar-refractivity contribution in [2.24, 2.45) is 0 Å². The summed E-state index contributed by atoms with van der Waals surface area (Å²) < 4.78 is 2.26. The van der Waals surface area contributed by atoms with Gasteiger partial charge < -0.3 is 10.3 Å². The van der Waals surface area contributed by atoms with Gasteiger partial charge in [-0.2, -0.15) is 0 Å². The van der Waals surface area contributed by atoms with Crippen molar-refractivity contribution < 1.29 is 0 Å². The van der Waals surface area contributed by atoms with Gasteiger partial charge >= 0.3 is 0 Å². The van der Waals surface area contributed by atoms with E-state index in [1.807, 2.05) is 0 Å². The van der Waals surface area contributed by atoms with Gasteiger partial charge in [-0.3, -0.25) is 0 Å². The molecule has 1 saturated carbocycles. The highest BCUT2D eigenvalue weighted by atomic mass is 15.2. The van der Waals surface area contributed by atoms with E-state index in [9.17, 15) is 0 Å². The van der Waals surface area contributed by atoms with Gasteiger partial charge in [0.15, 0.2) is 0 Å². The van der Waals surface area contributed by atoms with Crippen LogP contribution in [0.4, 0.5) is 5.82 Å². The smallest absolute Gasteiger partial charge is 0.127 e. The number of unbranched alkanes of at least 4 members (excludes halogenated alkanes) is 1. The largest absolute Gasteiger partial charge is 0.384 e. The van der Waals surface area contributed by atoms with Crippen LogP contribution >= 0.6 is 0 Å². The topological polar surface area (TPSA) is 43.8 Å². The summed E-state index contributed by atoms with van der Waals surface area (Å²) in [4.78, 5) is 4.76. The number of nitrogen functional groups attached to an aromatic ring is 1. The van der Waals surface area contributed by atoms with Gasteiger partial charge in [0.25, 0.3) is 0 Å². The Labute approximate surface area is 98.1 Å². The highest BCUT2D eigenvalue weighted by Gasteiger charge is 2.30. The molecule has 2 N–H and O–H groups in total. The first kappa shape index (κ1) is 11.5. The zero-order valence-corrected chi connectivity index (χ0v) is 10.7. The Morgan fingerprint density at radius 3 is 2.62 bits per heavy atom. The SMILES string of the molecule is CCCCn1c(C2CC2)nc(C(C)C)c1N. The third kappa shape index (κ3) is 2.08. The van der Waals surface area contributed by atoms with Crippen molar-refractivity contribution in [3.8, 4) is 0 Å². The lowest BCUT2D eigenvalue weighted by atomic mass is 10.1. The zero-order valence-electron chi connectivity index (χ0n) is 10.7. The molecule has 0 radical (unpaired) electrons. The van der Waals surface area contributed by atoms with Crippen LogP contribution in [-0.4, -0.2) is 9.55 Å². The number of hydrogen-bond acceptors (Lipinski definition) is 2. The zero-order chi connectivity index (χ0) is 11.7. The van der Waals surface area contributed by atoms with E-state index in [1.54, 1.807) is 0 Å². The first-order valence-corrected chi connectivity index (χ1v) is 6.50. The van der Waals surface area contributed by atoms with Crippen molar-refractivity contribution in [2.75, 3.05) is 5.73 Å². The van der Waals surface area contributed by atoms with Gasteiger partial charge in [0.05, 0.1) is 5.69 Å². The Morgan fingerprint density at radius 2 is 2.12 bits per heavy atom. The second-order valence-electron chi connectivity index (χ2n) is 5.17. The van der Waals surface area contributed by atoms with Crippen molar-refractivity contribution >= 4 is 5.82 Å². The Bertz CT molecular complexity index is 361. The van der Waals surface area contributed by atoms with E-state index in [1.165, 1.54) is 31.5 Å². The lowest BCUT2D eigenvalue weighted by Crippen LogP contribution is -2.07. The average molecular weight is 221 g/mol. The molecule has 0 bridgehead atoms. The molecule has 0 spiro atoms. The minimum Gasteiger partial charge on any atom is -0.384 e. The summed E-state index contributed by atoms with van der Waals surface area (Å²) in [6.45, 7) is 7.58. The van der Waals surface area contributed by atoms with Crippen LogP contribution in [0, 0.1) is 0 Å². The normalized spacial score (nSPS) is 16.0. The van der Waals surface area contributed by atoms with E-state index in [4.69, 9.17) is 10.7 Å². The van der Waals surface area contributed by atoms with Crippen molar-refractivity contribution in [1.29, 1.82) is 0 Å². The van der Waals surface area contributed by atoms with E-state index < -0.39 is 0 Å². The van der Waals surface area contributed by atoms with Gasteiger partial charge in [0, 0.05) is 12.5 Å². The fraction of sp³-hybridized carbons (Fsp3) is 0.769. The summed E-state index contributed by atoms with van der Waals surface area (Å²) >= 11 is 0. The van der Waals surface area contributed by atoms with Crippen LogP contribution in [0.15, 0.2) is 0 Å². The third-order valence-electron chi connectivity index (χ3n) is 3.29. The molecule has 16 heavy (non-hydrogen) atoms. The molecule has 0 amide bonds. The Balaban J connectivity index is 2.30. The first-order valence-electron chi connectivity index (χ1n) is 6.50. The van der Waals surface area contributed by atoms with Crippen molar-refractivity contribution in [3.63, 3.8) is 0 Å². The lowest BCUT2D eigenvalue weighted by Gasteiger charge is -2.08. The maximum absolute atomic E-state index is 6.21. The Hall–Kier alpha value is -0.990. The second-order valence-corrected chi connectivity index (χ2v) is 5.17. The molecule has 1 aromatic heterocycles. The lowest BCUT2D eigenvalue weighted by molar-refractivity contribution is 0.609. The number of anilines is 1. The molecule has 0 saturated heterocycles. The summed E-state index contributed by atoms with van der Waals surface area (Å²) in [7, 11) is 0. The highest BCUT2D eigenvalue weighted by molar-refractivity contribution is 5.41. The molecule has 1 fully saturated rings. The Morgan fingerprint density at radius 1 is 1.44 bits per heavy atom.